The van der Waals surface area contributed by atoms with E-state index in [2.05, 4.69) is 4.99 Å². The van der Waals surface area contributed by atoms with E-state index in [1.165, 1.54) is 0 Å². The second kappa shape index (κ2) is 4.55. The van der Waals surface area contributed by atoms with Gasteiger partial charge in [-0.1, -0.05) is 11.6 Å². The van der Waals surface area contributed by atoms with Gasteiger partial charge in [-0.2, -0.15) is 13.2 Å². The van der Waals surface area contributed by atoms with Gasteiger partial charge in [-0.05, 0) is 17.7 Å². The van der Waals surface area contributed by atoms with Gasteiger partial charge in [-0.25, -0.2) is 9.79 Å². The lowest BCUT2D eigenvalue weighted by Crippen LogP contribution is -2.08. The molecule has 0 aliphatic carbocycles. The van der Waals surface area contributed by atoms with Gasteiger partial charge < -0.3 is 5.11 Å². The molecule has 0 saturated carbocycles. The van der Waals surface area contributed by atoms with Gasteiger partial charge in [0.25, 0.3) is 0 Å². The first-order valence-electron chi connectivity index (χ1n) is 3.98. The minimum absolute atomic E-state index is 0.232. The van der Waals surface area contributed by atoms with Crippen LogP contribution in [0.25, 0.3) is 0 Å². The average molecular weight is 252 g/mol. The third-order valence-electron chi connectivity index (χ3n) is 1.79. The van der Waals surface area contributed by atoms with Crippen LogP contribution in [0.4, 0.5) is 13.2 Å². The molecule has 0 heterocycles. The molecule has 0 aliphatic rings. The molecule has 1 aromatic rings. The molecule has 7 heteroatoms. The first kappa shape index (κ1) is 12.5. The lowest BCUT2D eigenvalue weighted by molar-refractivity contribution is -0.138. The molecular formula is C9H5ClF3NO2. The molecule has 86 valence electrons. The number of phenolic OH excluding ortho intramolecular Hbond substituents is 1. The van der Waals surface area contributed by atoms with E-state index in [9.17, 15) is 18.0 Å². The lowest BCUT2D eigenvalue weighted by atomic mass is 10.1. The monoisotopic (exact) mass is 251 g/mol. The minimum atomic E-state index is -4.64. The molecule has 0 saturated heterocycles. The zero-order valence-electron chi connectivity index (χ0n) is 7.68. The molecule has 0 atom stereocenters. The van der Waals surface area contributed by atoms with Crippen LogP contribution in [0.5, 0.6) is 5.75 Å². The summed E-state index contributed by atoms with van der Waals surface area (Å²) in [5.41, 5.74) is -1.37. The van der Waals surface area contributed by atoms with Gasteiger partial charge in [-0.15, -0.1) is 0 Å². The summed E-state index contributed by atoms with van der Waals surface area (Å²) < 4.78 is 37.5. The Bertz CT molecular complexity index is 453. The summed E-state index contributed by atoms with van der Waals surface area (Å²) in [4.78, 5) is 12.9. The fraction of sp³-hybridized carbons (Fsp3) is 0.222. The second-order valence-corrected chi connectivity index (χ2v) is 3.27. The number of benzene rings is 1. The number of aliphatic imine (C=N–C) groups is 1. The summed E-state index contributed by atoms with van der Waals surface area (Å²) in [7, 11) is 0. The van der Waals surface area contributed by atoms with E-state index in [0.717, 1.165) is 12.1 Å². The van der Waals surface area contributed by atoms with Crippen molar-refractivity contribution in [2.75, 3.05) is 0 Å². The normalized spacial score (nSPS) is 11.0. The average Bonchev–Trinajstić information content (AvgIpc) is 2.17. The molecule has 0 bridgehead atoms. The SMILES string of the molecule is O=C=NCc1cc(Cl)c(O)cc1C(F)(F)F. The van der Waals surface area contributed by atoms with Crippen LogP contribution in [0.15, 0.2) is 17.1 Å². The molecule has 1 rings (SSSR count). The Morgan fingerprint density at radius 3 is 2.56 bits per heavy atom. The summed E-state index contributed by atoms with van der Waals surface area (Å²) >= 11 is 5.46. The van der Waals surface area contributed by atoms with Crippen molar-refractivity contribution in [2.45, 2.75) is 12.7 Å². The van der Waals surface area contributed by atoms with E-state index in [0.29, 0.717) is 6.07 Å². The van der Waals surface area contributed by atoms with E-state index in [1.54, 1.807) is 0 Å². The van der Waals surface area contributed by atoms with Crippen LogP contribution in [-0.4, -0.2) is 11.2 Å². The number of hydrogen-bond acceptors (Lipinski definition) is 3. The summed E-state index contributed by atoms with van der Waals surface area (Å²) in [6.07, 6.45) is -3.51. The number of aromatic hydroxyl groups is 1. The maximum Gasteiger partial charge on any atom is 0.416 e. The minimum Gasteiger partial charge on any atom is -0.506 e. The van der Waals surface area contributed by atoms with Gasteiger partial charge in [0.1, 0.15) is 5.75 Å². The highest BCUT2D eigenvalue weighted by Crippen LogP contribution is 2.37. The third kappa shape index (κ3) is 2.74. The van der Waals surface area contributed by atoms with E-state index in [1.807, 2.05) is 0 Å². The first-order chi connectivity index (χ1) is 7.36. The van der Waals surface area contributed by atoms with Crippen LogP contribution in [0.3, 0.4) is 0 Å². The van der Waals surface area contributed by atoms with E-state index < -0.39 is 24.0 Å². The lowest BCUT2D eigenvalue weighted by Gasteiger charge is -2.12. The van der Waals surface area contributed by atoms with Gasteiger partial charge in [0.05, 0.1) is 17.1 Å². The Kier molecular flexibility index (Phi) is 3.57. The van der Waals surface area contributed by atoms with Gasteiger partial charge in [0.2, 0.25) is 6.08 Å². The molecule has 0 amide bonds. The smallest absolute Gasteiger partial charge is 0.416 e. The van der Waals surface area contributed by atoms with Crippen molar-refractivity contribution in [2.24, 2.45) is 4.99 Å². The molecule has 1 N–H and O–H groups in total. The standard InChI is InChI=1S/C9H5ClF3NO2/c10-7-1-5(3-14-4-15)6(2-8(7)16)9(11,12)13/h1-2,16H,3H2. The summed E-state index contributed by atoms with van der Waals surface area (Å²) in [6, 6.07) is 1.42. The molecule has 0 radical (unpaired) electrons. The molecule has 16 heavy (non-hydrogen) atoms. The number of rotatable bonds is 2. The fourth-order valence-corrected chi connectivity index (χ4v) is 1.30. The van der Waals surface area contributed by atoms with Gasteiger partial charge >= 0.3 is 6.18 Å². The van der Waals surface area contributed by atoms with Crippen molar-refractivity contribution in [1.29, 1.82) is 0 Å². The molecule has 0 fully saturated rings. The Hall–Kier alpha value is -1.52. The fourth-order valence-electron chi connectivity index (χ4n) is 1.12. The number of alkyl halides is 3. The number of carbonyl (C=O) groups excluding carboxylic acids is 1. The molecule has 3 nitrogen and oxygen atoms in total. The van der Waals surface area contributed by atoms with Crippen LogP contribution >= 0.6 is 11.6 Å². The maximum absolute atomic E-state index is 12.5. The van der Waals surface area contributed by atoms with Gasteiger partial charge in [0, 0.05) is 0 Å². The number of isocyanates is 1. The predicted octanol–water partition coefficient (Wildman–Crippen LogP) is 2.90. The highest BCUT2D eigenvalue weighted by Gasteiger charge is 2.34. The zero-order valence-corrected chi connectivity index (χ0v) is 8.43. The summed E-state index contributed by atoms with van der Waals surface area (Å²) in [5.74, 6) is -0.673. The van der Waals surface area contributed by atoms with Gasteiger partial charge in [0.15, 0.2) is 0 Å². The zero-order chi connectivity index (χ0) is 12.3. The molecule has 0 aromatic heterocycles. The number of phenols is 1. The van der Waals surface area contributed by atoms with Crippen LogP contribution in [0.1, 0.15) is 11.1 Å². The van der Waals surface area contributed by atoms with Crippen molar-refractivity contribution in [3.63, 3.8) is 0 Å². The van der Waals surface area contributed by atoms with Crippen LogP contribution < -0.4 is 0 Å². The Morgan fingerprint density at radius 1 is 1.44 bits per heavy atom. The molecule has 0 unspecified atom stereocenters. The van der Waals surface area contributed by atoms with Crippen LogP contribution in [0, 0.1) is 0 Å². The van der Waals surface area contributed by atoms with E-state index in [-0.39, 0.29) is 10.6 Å². The number of hydrogen-bond donors (Lipinski definition) is 1. The molecule has 0 spiro atoms. The first-order valence-corrected chi connectivity index (χ1v) is 4.36. The van der Waals surface area contributed by atoms with Crippen molar-refractivity contribution < 1.29 is 23.1 Å². The van der Waals surface area contributed by atoms with Crippen molar-refractivity contribution in [3.8, 4) is 5.75 Å². The highest BCUT2D eigenvalue weighted by molar-refractivity contribution is 6.32. The van der Waals surface area contributed by atoms with Crippen molar-refractivity contribution in [3.05, 3.63) is 28.3 Å². The van der Waals surface area contributed by atoms with Crippen molar-refractivity contribution in [1.82, 2.24) is 0 Å². The Morgan fingerprint density at radius 2 is 2.06 bits per heavy atom. The maximum atomic E-state index is 12.5. The molecular weight excluding hydrogens is 247 g/mol. The van der Waals surface area contributed by atoms with Crippen LogP contribution in [0.2, 0.25) is 5.02 Å². The molecule has 0 aliphatic heterocycles. The molecule has 1 aromatic carbocycles. The van der Waals surface area contributed by atoms with Crippen molar-refractivity contribution >= 4 is 17.7 Å². The van der Waals surface area contributed by atoms with E-state index >= 15 is 0 Å². The Balaban J connectivity index is 3.33. The predicted molar refractivity (Wildman–Crippen MR) is 49.9 cm³/mol. The quantitative estimate of drug-likeness (QED) is 0.649. The number of halogens is 4. The summed E-state index contributed by atoms with van der Waals surface area (Å²) in [6.45, 7) is -0.488. The second-order valence-electron chi connectivity index (χ2n) is 2.87. The van der Waals surface area contributed by atoms with Gasteiger partial charge in [-0.3, -0.25) is 0 Å². The number of nitrogens with zero attached hydrogens (tertiary/aromatic N) is 1. The Labute approximate surface area is 93.2 Å². The topological polar surface area (TPSA) is 49.7 Å². The van der Waals surface area contributed by atoms with E-state index in [4.69, 9.17) is 16.7 Å². The van der Waals surface area contributed by atoms with Crippen LogP contribution in [-0.2, 0) is 17.5 Å². The highest BCUT2D eigenvalue weighted by atomic mass is 35.5. The third-order valence-corrected chi connectivity index (χ3v) is 2.09. The summed E-state index contributed by atoms with van der Waals surface area (Å²) in [5, 5.41) is 8.84. The largest absolute Gasteiger partial charge is 0.506 e.